The molecule has 30 heavy (non-hydrogen) atoms. The number of rotatable bonds is 5. The molecule has 0 fully saturated rings. The van der Waals surface area contributed by atoms with Crippen molar-refractivity contribution in [2.75, 3.05) is 36.3 Å². The number of urea groups is 1. The lowest BCUT2D eigenvalue weighted by molar-refractivity contribution is 0.0963. The molecule has 3 amide bonds. The third-order valence-corrected chi connectivity index (χ3v) is 4.87. The Hall–Kier alpha value is -3.94. The molecule has 8 nitrogen and oxygen atoms in total. The molecule has 0 aliphatic carbocycles. The quantitative estimate of drug-likeness (QED) is 0.663. The molecule has 2 heterocycles. The van der Waals surface area contributed by atoms with Crippen LogP contribution in [0.1, 0.15) is 16.1 Å². The van der Waals surface area contributed by atoms with Crippen LogP contribution in [-0.4, -0.2) is 32.7 Å². The maximum absolute atomic E-state index is 12.7. The Morgan fingerprint density at radius 1 is 1.03 bits per heavy atom. The zero-order chi connectivity index (χ0) is 21.1. The molecule has 0 saturated carbocycles. The van der Waals surface area contributed by atoms with Crippen molar-refractivity contribution >= 4 is 29.0 Å². The normalized spacial score (nSPS) is 12.3. The number of benzene rings is 2. The molecule has 0 atom stereocenters. The van der Waals surface area contributed by atoms with E-state index in [4.69, 9.17) is 13.9 Å². The van der Waals surface area contributed by atoms with Gasteiger partial charge in [0.2, 0.25) is 0 Å². The summed E-state index contributed by atoms with van der Waals surface area (Å²) >= 11 is 0. The Kier molecular flexibility index (Phi) is 5.30. The van der Waals surface area contributed by atoms with Crippen LogP contribution >= 0.6 is 0 Å². The lowest BCUT2D eigenvalue weighted by atomic mass is 10.1. The number of furan rings is 1. The Bertz CT molecular complexity index is 1080. The number of hydrogen-bond donors (Lipinski definition) is 2. The van der Waals surface area contributed by atoms with Gasteiger partial charge in [-0.15, -0.1) is 0 Å². The molecular formula is C22H21N3O5. The lowest BCUT2D eigenvalue weighted by Gasteiger charge is -2.17. The highest BCUT2D eigenvalue weighted by Crippen LogP contribution is 2.35. The SMILES string of the molecule is COc1cccc(NC(=O)Nc2ccc3c(c2)N(C(=O)c2ccco2)CC3)c1OC. The number of carbonyl (C=O) groups excluding carboxylic acids is 2. The van der Waals surface area contributed by atoms with E-state index in [1.54, 1.807) is 41.3 Å². The van der Waals surface area contributed by atoms with Crippen LogP contribution in [-0.2, 0) is 6.42 Å². The van der Waals surface area contributed by atoms with Crippen molar-refractivity contribution in [1.82, 2.24) is 0 Å². The first-order valence-electron chi connectivity index (χ1n) is 9.38. The van der Waals surface area contributed by atoms with E-state index >= 15 is 0 Å². The summed E-state index contributed by atoms with van der Waals surface area (Å²) in [6, 6.07) is 13.6. The molecule has 1 aliphatic heterocycles. The maximum Gasteiger partial charge on any atom is 0.323 e. The van der Waals surface area contributed by atoms with Crippen molar-refractivity contribution in [3.63, 3.8) is 0 Å². The van der Waals surface area contributed by atoms with Gasteiger partial charge < -0.3 is 29.4 Å². The van der Waals surface area contributed by atoms with Gasteiger partial charge in [0.05, 0.1) is 26.2 Å². The molecule has 0 unspecified atom stereocenters. The Morgan fingerprint density at radius 3 is 2.63 bits per heavy atom. The summed E-state index contributed by atoms with van der Waals surface area (Å²) in [6.45, 7) is 0.561. The fourth-order valence-corrected chi connectivity index (χ4v) is 3.47. The zero-order valence-corrected chi connectivity index (χ0v) is 16.6. The van der Waals surface area contributed by atoms with E-state index in [0.717, 1.165) is 17.7 Å². The maximum atomic E-state index is 12.7. The summed E-state index contributed by atoms with van der Waals surface area (Å²) in [7, 11) is 3.04. The lowest BCUT2D eigenvalue weighted by Crippen LogP contribution is -2.28. The molecule has 154 valence electrons. The van der Waals surface area contributed by atoms with Crippen molar-refractivity contribution < 1.29 is 23.5 Å². The van der Waals surface area contributed by atoms with E-state index in [1.807, 2.05) is 12.1 Å². The van der Waals surface area contributed by atoms with E-state index < -0.39 is 6.03 Å². The summed E-state index contributed by atoms with van der Waals surface area (Å²) < 4.78 is 15.8. The van der Waals surface area contributed by atoms with Gasteiger partial charge in [0.1, 0.15) is 0 Å². The summed E-state index contributed by atoms with van der Waals surface area (Å²) in [5, 5.41) is 5.55. The molecule has 4 rings (SSSR count). The first-order valence-corrected chi connectivity index (χ1v) is 9.38. The molecule has 1 aliphatic rings. The van der Waals surface area contributed by atoms with Crippen molar-refractivity contribution in [1.29, 1.82) is 0 Å². The Balaban J connectivity index is 1.51. The molecule has 1 aromatic heterocycles. The van der Waals surface area contributed by atoms with Gasteiger partial charge in [-0.25, -0.2) is 4.79 Å². The number of hydrogen-bond acceptors (Lipinski definition) is 5. The van der Waals surface area contributed by atoms with Crippen molar-refractivity contribution in [2.45, 2.75) is 6.42 Å². The Labute approximate surface area is 173 Å². The molecule has 2 aromatic carbocycles. The smallest absolute Gasteiger partial charge is 0.323 e. The van der Waals surface area contributed by atoms with Crippen molar-refractivity contribution in [2.24, 2.45) is 0 Å². The van der Waals surface area contributed by atoms with Gasteiger partial charge in [-0.05, 0) is 48.4 Å². The second kappa shape index (κ2) is 8.20. The van der Waals surface area contributed by atoms with Gasteiger partial charge in [-0.1, -0.05) is 12.1 Å². The number of fused-ring (bicyclic) bond motifs is 1. The van der Waals surface area contributed by atoms with E-state index in [1.165, 1.54) is 20.5 Å². The van der Waals surface area contributed by atoms with Crippen molar-refractivity contribution in [3.05, 3.63) is 66.1 Å². The fraction of sp³-hybridized carbons (Fsp3) is 0.182. The van der Waals surface area contributed by atoms with E-state index in [2.05, 4.69) is 10.6 Å². The van der Waals surface area contributed by atoms with Gasteiger partial charge in [0.15, 0.2) is 17.3 Å². The highest BCUT2D eigenvalue weighted by Gasteiger charge is 2.27. The minimum atomic E-state index is -0.441. The summed E-state index contributed by atoms with van der Waals surface area (Å²) in [4.78, 5) is 26.9. The minimum Gasteiger partial charge on any atom is -0.493 e. The highest BCUT2D eigenvalue weighted by molar-refractivity contribution is 6.06. The van der Waals surface area contributed by atoms with E-state index in [9.17, 15) is 9.59 Å². The van der Waals surface area contributed by atoms with Crippen LogP contribution in [0.5, 0.6) is 11.5 Å². The average molecular weight is 407 g/mol. The number of para-hydroxylation sites is 1. The molecule has 0 radical (unpaired) electrons. The predicted octanol–water partition coefficient (Wildman–Crippen LogP) is 4.14. The van der Waals surface area contributed by atoms with Crippen LogP contribution in [0.25, 0.3) is 0 Å². The largest absolute Gasteiger partial charge is 0.493 e. The monoisotopic (exact) mass is 407 g/mol. The third kappa shape index (κ3) is 3.67. The highest BCUT2D eigenvalue weighted by atomic mass is 16.5. The summed E-state index contributed by atoms with van der Waals surface area (Å²) in [5.41, 5.74) is 2.83. The predicted molar refractivity (Wildman–Crippen MR) is 113 cm³/mol. The van der Waals surface area contributed by atoms with Crippen LogP contribution in [0.4, 0.5) is 21.9 Å². The third-order valence-electron chi connectivity index (χ3n) is 4.87. The van der Waals surface area contributed by atoms with Gasteiger partial charge in [-0.2, -0.15) is 0 Å². The van der Waals surface area contributed by atoms with Crippen LogP contribution < -0.4 is 25.0 Å². The average Bonchev–Trinajstić information content (AvgIpc) is 3.43. The van der Waals surface area contributed by atoms with E-state index in [0.29, 0.717) is 29.4 Å². The van der Waals surface area contributed by atoms with Crippen LogP contribution in [0.15, 0.2) is 59.2 Å². The minimum absolute atomic E-state index is 0.207. The van der Waals surface area contributed by atoms with Crippen LogP contribution in [0, 0.1) is 0 Å². The summed E-state index contributed by atoms with van der Waals surface area (Å²) in [6.07, 6.45) is 2.22. The first-order chi connectivity index (χ1) is 14.6. The van der Waals surface area contributed by atoms with Crippen molar-refractivity contribution in [3.8, 4) is 11.5 Å². The number of methoxy groups -OCH3 is 2. The van der Waals surface area contributed by atoms with Gasteiger partial charge in [0.25, 0.3) is 5.91 Å². The topological polar surface area (TPSA) is 93.0 Å². The standard InChI is InChI=1S/C22H21N3O5/c1-28-18-6-3-5-16(20(18)29-2)24-22(27)23-15-9-8-14-10-11-25(17(14)13-15)21(26)19-7-4-12-30-19/h3-9,12-13H,10-11H2,1-2H3,(H2,23,24,27). The fourth-order valence-electron chi connectivity index (χ4n) is 3.47. The Morgan fingerprint density at radius 2 is 1.90 bits per heavy atom. The zero-order valence-electron chi connectivity index (χ0n) is 16.6. The molecule has 0 saturated heterocycles. The van der Waals surface area contributed by atoms with Crippen LogP contribution in [0.2, 0.25) is 0 Å². The number of anilines is 3. The van der Waals surface area contributed by atoms with Crippen LogP contribution in [0.3, 0.4) is 0 Å². The van der Waals surface area contributed by atoms with Gasteiger partial charge in [0, 0.05) is 17.9 Å². The molecule has 2 N–H and O–H groups in total. The van der Waals surface area contributed by atoms with Gasteiger partial charge in [-0.3, -0.25) is 4.79 Å². The number of amides is 3. The molecule has 3 aromatic rings. The number of carbonyl (C=O) groups is 2. The second-order valence-corrected chi connectivity index (χ2v) is 6.65. The van der Waals surface area contributed by atoms with Gasteiger partial charge >= 0.3 is 6.03 Å². The molecule has 8 heteroatoms. The van der Waals surface area contributed by atoms with E-state index in [-0.39, 0.29) is 11.7 Å². The second-order valence-electron chi connectivity index (χ2n) is 6.65. The molecule has 0 bridgehead atoms. The molecule has 0 spiro atoms. The number of ether oxygens (including phenoxy) is 2. The first kappa shape index (κ1) is 19.4. The summed E-state index contributed by atoms with van der Waals surface area (Å²) in [5.74, 6) is 1.02. The number of nitrogens with one attached hydrogen (secondary N) is 2. The number of nitrogens with zero attached hydrogens (tertiary/aromatic N) is 1. The molecular weight excluding hydrogens is 386 g/mol.